The molecule has 136 valence electrons. The molecular formula is C18H19N3O5. The number of aliphatic carboxylic acids is 1. The largest absolute Gasteiger partial charge is 0.497 e. The van der Waals surface area contributed by atoms with E-state index in [1.165, 1.54) is 13.1 Å². The molecule has 0 fully saturated rings. The fourth-order valence-corrected chi connectivity index (χ4v) is 1.89. The summed E-state index contributed by atoms with van der Waals surface area (Å²) in [5.41, 5.74) is 3.67. The van der Waals surface area contributed by atoms with Crippen molar-refractivity contribution in [3.63, 3.8) is 0 Å². The quantitative estimate of drug-likeness (QED) is 0.521. The number of nitrogens with one attached hydrogen (secondary N) is 2. The highest BCUT2D eigenvalue weighted by molar-refractivity contribution is 5.90. The van der Waals surface area contributed by atoms with E-state index in [9.17, 15) is 9.59 Å². The molecule has 0 saturated carbocycles. The first-order valence-electron chi connectivity index (χ1n) is 7.71. The Labute approximate surface area is 150 Å². The standard InChI is InChI=1S/C18H19N3O5/c1-12(17(22)23)26-16-7-3-13(4-8-16)11-19-21-18(24)20-14-5-9-15(25-2)10-6-14/h3-12H,1-2H3,(H,22,23)(H2,20,21,24)/b19-11+/t12-/m0/s1. The number of amides is 2. The smallest absolute Gasteiger partial charge is 0.344 e. The second-order valence-electron chi connectivity index (χ2n) is 5.22. The second-order valence-corrected chi connectivity index (χ2v) is 5.22. The highest BCUT2D eigenvalue weighted by atomic mass is 16.5. The van der Waals surface area contributed by atoms with Crippen LogP contribution in [0.5, 0.6) is 11.5 Å². The van der Waals surface area contributed by atoms with Gasteiger partial charge in [0.1, 0.15) is 11.5 Å². The Hall–Kier alpha value is -3.55. The highest BCUT2D eigenvalue weighted by Crippen LogP contribution is 2.15. The van der Waals surface area contributed by atoms with Crippen molar-refractivity contribution in [2.24, 2.45) is 5.10 Å². The van der Waals surface area contributed by atoms with Crippen molar-refractivity contribution in [2.45, 2.75) is 13.0 Å². The van der Waals surface area contributed by atoms with Gasteiger partial charge in [0.05, 0.1) is 13.3 Å². The molecule has 26 heavy (non-hydrogen) atoms. The monoisotopic (exact) mass is 357 g/mol. The molecule has 8 nitrogen and oxygen atoms in total. The number of methoxy groups -OCH3 is 1. The van der Waals surface area contributed by atoms with E-state index in [-0.39, 0.29) is 0 Å². The lowest BCUT2D eigenvalue weighted by molar-refractivity contribution is -0.144. The Morgan fingerprint density at radius 3 is 2.27 bits per heavy atom. The minimum atomic E-state index is -1.04. The van der Waals surface area contributed by atoms with E-state index in [2.05, 4.69) is 15.8 Å². The maximum atomic E-state index is 11.8. The van der Waals surface area contributed by atoms with Crippen LogP contribution in [0.1, 0.15) is 12.5 Å². The molecule has 0 aliphatic carbocycles. The van der Waals surface area contributed by atoms with E-state index >= 15 is 0 Å². The molecule has 0 aromatic heterocycles. The highest BCUT2D eigenvalue weighted by Gasteiger charge is 2.11. The van der Waals surface area contributed by atoms with E-state index < -0.39 is 18.1 Å². The Bertz CT molecular complexity index is 772. The number of anilines is 1. The Morgan fingerprint density at radius 1 is 1.08 bits per heavy atom. The topological polar surface area (TPSA) is 109 Å². The molecule has 1 atom stereocenters. The van der Waals surface area contributed by atoms with Gasteiger partial charge in [0, 0.05) is 5.69 Å². The minimum absolute atomic E-state index is 0.433. The van der Waals surface area contributed by atoms with Crippen molar-refractivity contribution < 1.29 is 24.2 Å². The van der Waals surface area contributed by atoms with Crippen LogP contribution in [-0.4, -0.2) is 36.5 Å². The summed E-state index contributed by atoms with van der Waals surface area (Å²) in [6, 6.07) is 13.0. The number of hydrogen-bond donors (Lipinski definition) is 3. The van der Waals surface area contributed by atoms with Crippen LogP contribution in [0.2, 0.25) is 0 Å². The lowest BCUT2D eigenvalue weighted by Gasteiger charge is -2.09. The van der Waals surface area contributed by atoms with Gasteiger partial charge in [-0.1, -0.05) is 0 Å². The summed E-state index contributed by atoms with van der Waals surface area (Å²) in [6.07, 6.45) is 0.524. The molecule has 8 heteroatoms. The predicted molar refractivity (Wildman–Crippen MR) is 96.9 cm³/mol. The van der Waals surface area contributed by atoms with Gasteiger partial charge in [0.25, 0.3) is 0 Å². The number of urea groups is 1. The van der Waals surface area contributed by atoms with Gasteiger partial charge in [-0.05, 0) is 61.0 Å². The van der Waals surface area contributed by atoms with Crippen molar-refractivity contribution in [1.29, 1.82) is 0 Å². The lowest BCUT2D eigenvalue weighted by atomic mass is 10.2. The first-order valence-corrected chi connectivity index (χ1v) is 7.71. The van der Waals surface area contributed by atoms with E-state index in [1.807, 2.05) is 0 Å². The molecular weight excluding hydrogens is 338 g/mol. The molecule has 2 amide bonds. The van der Waals surface area contributed by atoms with Gasteiger partial charge in [-0.25, -0.2) is 15.0 Å². The van der Waals surface area contributed by atoms with E-state index in [0.29, 0.717) is 22.7 Å². The molecule has 0 spiro atoms. The molecule has 0 unspecified atom stereocenters. The summed E-state index contributed by atoms with van der Waals surface area (Å²) in [6.45, 7) is 1.45. The number of ether oxygens (including phenoxy) is 2. The number of carbonyl (C=O) groups is 2. The third-order valence-electron chi connectivity index (χ3n) is 3.27. The molecule has 0 aliphatic heterocycles. The summed E-state index contributed by atoms with van der Waals surface area (Å²) < 4.78 is 10.3. The Kier molecular flexibility index (Phi) is 6.55. The number of carbonyl (C=O) groups excluding carboxylic acids is 1. The molecule has 2 rings (SSSR count). The molecule has 0 radical (unpaired) electrons. The van der Waals surface area contributed by atoms with Gasteiger partial charge in [-0.2, -0.15) is 5.10 Å². The number of benzene rings is 2. The number of hydrazone groups is 1. The average molecular weight is 357 g/mol. The number of nitrogens with zero attached hydrogens (tertiary/aromatic N) is 1. The zero-order valence-corrected chi connectivity index (χ0v) is 14.3. The Morgan fingerprint density at radius 2 is 1.69 bits per heavy atom. The first kappa shape index (κ1) is 18.8. The fraction of sp³-hybridized carbons (Fsp3) is 0.167. The van der Waals surface area contributed by atoms with E-state index in [1.54, 1.807) is 55.6 Å². The van der Waals surface area contributed by atoms with Gasteiger partial charge < -0.3 is 19.9 Å². The van der Waals surface area contributed by atoms with Crippen LogP contribution in [0.25, 0.3) is 0 Å². The number of rotatable bonds is 7. The van der Waals surface area contributed by atoms with E-state index in [0.717, 1.165) is 0 Å². The second kappa shape index (κ2) is 9.07. The van der Waals surface area contributed by atoms with Crippen molar-refractivity contribution in [3.8, 4) is 11.5 Å². The summed E-state index contributed by atoms with van der Waals surface area (Å²) in [5.74, 6) is 0.0872. The third kappa shape index (κ3) is 5.82. The SMILES string of the molecule is COc1ccc(NC(=O)N/N=C/c2ccc(O[C@@H](C)C(=O)O)cc2)cc1. The summed E-state index contributed by atoms with van der Waals surface area (Å²) in [5, 5.41) is 15.3. The molecule has 3 N–H and O–H groups in total. The lowest BCUT2D eigenvalue weighted by Crippen LogP contribution is -2.24. The van der Waals surface area contributed by atoms with Crippen LogP contribution in [0.4, 0.5) is 10.5 Å². The van der Waals surface area contributed by atoms with Gasteiger partial charge in [-0.3, -0.25) is 0 Å². The van der Waals surface area contributed by atoms with Crippen LogP contribution in [0.15, 0.2) is 53.6 Å². The molecule has 0 aliphatic rings. The van der Waals surface area contributed by atoms with Gasteiger partial charge in [0.2, 0.25) is 0 Å². The maximum absolute atomic E-state index is 11.8. The van der Waals surface area contributed by atoms with Gasteiger partial charge in [-0.15, -0.1) is 0 Å². The molecule has 0 saturated heterocycles. The van der Waals surface area contributed by atoms with Crippen molar-refractivity contribution >= 4 is 23.9 Å². The fourth-order valence-electron chi connectivity index (χ4n) is 1.89. The van der Waals surface area contributed by atoms with Crippen LogP contribution >= 0.6 is 0 Å². The number of hydrogen-bond acceptors (Lipinski definition) is 5. The van der Waals surface area contributed by atoms with Crippen LogP contribution in [0.3, 0.4) is 0 Å². The van der Waals surface area contributed by atoms with Crippen molar-refractivity contribution in [1.82, 2.24) is 5.43 Å². The summed E-state index contributed by atoms with van der Waals surface area (Å²) in [4.78, 5) is 22.5. The number of carboxylic acids is 1. The van der Waals surface area contributed by atoms with Crippen LogP contribution in [-0.2, 0) is 4.79 Å². The van der Waals surface area contributed by atoms with Crippen LogP contribution in [0, 0.1) is 0 Å². The third-order valence-corrected chi connectivity index (χ3v) is 3.27. The minimum Gasteiger partial charge on any atom is -0.497 e. The zero-order valence-electron chi connectivity index (χ0n) is 14.3. The maximum Gasteiger partial charge on any atom is 0.344 e. The molecule has 2 aromatic carbocycles. The molecule has 2 aromatic rings. The van der Waals surface area contributed by atoms with Gasteiger partial charge in [0.15, 0.2) is 6.10 Å². The normalized spacial score (nSPS) is 11.6. The predicted octanol–water partition coefficient (Wildman–Crippen LogP) is 2.70. The number of carboxylic acid groups (broad SMARTS) is 1. The average Bonchev–Trinajstić information content (AvgIpc) is 2.63. The zero-order chi connectivity index (χ0) is 18.9. The van der Waals surface area contributed by atoms with Crippen LogP contribution < -0.4 is 20.2 Å². The van der Waals surface area contributed by atoms with Crippen molar-refractivity contribution in [3.05, 3.63) is 54.1 Å². The van der Waals surface area contributed by atoms with Gasteiger partial charge >= 0.3 is 12.0 Å². The van der Waals surface area contributed by atoms with Crippen molar-refractivity contribution in [2.75, 3.05) is 12.4 Å². The first-order chi connectivity index (χ1) is 12.5. The summed E-state index contributed by atoms with van der Waals surface area (Å²) in [7, 11) is 1.56. The summed E-state index contributed by atoms with van der Waals surface area (Å²) >= 11 is 0. The molecule has 0 bridgehead atoms. The van der Waals surface area contributed by atoms with E-state index in [4.69, 9.17) is 14.6 Å². The Balaban J connectivity index is 1.83. The molecule has 0 heterocycles.